The SMILES string of the molecule is CCCC=C1OC(=O)C2=C1CC[C@H]1[C@@H]3CC[C@]4(C(=C[C@H](CCO)Cc5ccccc5)OC(=O)C4=C3c3cc(O)ccc3-c3ccccc3)[C@H]21. The van der Waals surface area contributed by atoms with Crippen LogP contribution in [0.1, 0.15) is 63.0 Å². The molecule has 5 atom stereocenters. The summed E-state index contributed by atoms with van der Waals surface area (Å²) < 4.78 is 12.4. The lowest BCUT2D eigenvalue weighted by Crippen LogP contribution is -2.52. The summed E-state index contributed by atoms with van der Waals surface area (Å²) in [6.45, 7) is 2.11. The molecule has 4 aliphatic carbocycles. The maximum Gasteiger partial charge on any atom is 0.340 e. The highest BCUT2D eigenvalue weighted by molar-refractivity contribution is 6.07. The molecule has 2 bridgehead atoms. The van der Waals surface area contributed by atoms with E-state index in [1.807, 2.05) is 48.5 Å². The highest BCUT2D eigenvalue weighted by Gasteiger charge is 2.68. The first-order valence-corrected chi connectivity index (χ1v) is 17.8. The van der Waals surface area contributed by atoms with Gasteiger partial charge in [-0.05, 0) is 115 Å². The second-order valence-electron chi connectivity index (χ2n) is 14.2. The minimum atomic E-state index is -0.865. The number of allylic oxidation sites excluding steroid dienone is 5. The van der Waals surface area contributed by atoms with E-state index >= 15 is 0 Å². The summed E-state index contributed by atoms with van der Waals surface area (Å²) in [5.74, 6) is 0.473. The third kappa shape index (κ3) is 5.11. The van der Waals surface area contributed by atoms with Crippen molar-refractivity contribution in [2.24, 2.45) is 29.1 Å². The molecule has 49 heavy (non-hydrogen) atoms. The van der Waals surface area contributed by atoms with E-state index in [0.29, 0.717) is 41.9 Å². The maximum absolute atomic E-state index is 14.5. The van der Waals surface area contributed by atoms with Crippen LogP contribution in [0.2, 0.25) is 0 Å². The summed E-state index contributed by atoms with van der Waals surface area (Å²) in [4.78, 5) is 28.4. The Kier molecular flexibility index (Phi) is 8.15. The second kappa shape index (κ2) is 12.6. The number of rotatable bonds is 9. The lowest BCUT2D eigenvalue weighted by Gasteiger charge is -2.56. The first kappa shape index (κ1) is 31.6. The first-order chi connectivity index (χ1) is 23.9. The van der Waals surface area contributed by atoms with E-state index < -0.39 is 5.41 Å². The smallest absolute Gasteiger partial charge is 0.340 e. The number of benzene rings is 3. The fourth-order valence-electron chi connectivity index (χ4n) is 9.66. The summed E-state index contributed by atoms with van der Waals surface area (Å²) in [5.41, 5.74) is 6.34. The standard InChI is InChI=1S/C43H42O6/c1-2-3-14-35-33-18-17-32-31-19-21-43(39(32)38(33)41(46)48-35)36(24-27(20-22-44)23-26-10-6-4-7-11-26)49-42(47)40(43)37(31)34-25-29(45)15-16-30(34)28-12-8-5-9-13-28/h4-16,24-25,27,31-32,39,44-45H,2-3,17-23H2,1H3/t27-,31+,32+,39+,43+/m1/s1. The minimum absolute atomic E-state index is 0.00103. The molecule has 1 spiro atoms. The Labute approximate surface area is 287 Å². The first-order valence-electron chi connectivity index (χ1n) is 17.8. The average molecular weight is 655 g/mol. The molecule has 0 amide bonds. The summed E-state index contributed by atoms with van der Waals surface area (Å²) in [6.07, 6.45) is 10.2. The van der Waals surface area contributed by atoms with Gasteiger partial charge in [0.2, 0.25) is 0 Å². The van der Waals surface area contributed by atoms with Gasteiger partial charge >= 0.3 is 11.9 Å². The number of fused-ring (bicyclic) bond motifs is 1. The Morgan fingerprint density at radius 1 is 0.918 bits per heavy atom. The van der Waals surface area contributed by atoms with Gasteiger partial charge in [-0.1, -0.05) is 80.1 Å². The van der Waals surface area contributed by atoms with Crippen molar-refractivity contribution in [2.75, 3.05) is 6.61 Å². The molecule has 6 nitrogen and oxygen atoms in total. The van der Waals surface area contributed by atoms with Crippen molar-refractivity contribution in [3.05, 3.63) is 130 Å². The van der Waals surface area contributed by atoms with Crippen LogP contribution in [0.4, 0.5) is 0 Å². The summed E-state index contributed by atoms with van der Waals surface area (Å²) >= 11 is 0. The fourth-order valence-corrected chi connectivity index (χ4v) is 9.66. The number of hydrogen-bond donors (Lipinski definition) is 2. The predicted molar refractivity (Wildman–Crippen MR) is 187 cm³/mol. The van der Waals surface area contributed by atoms with Gasteiger partial charge in [-0.15, -0.1) is 0 Å². The number of cyclic esters (lactones) is 2. The summed E-state index contributed by atoms with van der Waals surface area (Å²) in [5, 5.41) is 21.1. The number of hydrogen-bond acceptors (Lipinski definition) is 6. The monoisotopic (exact) mass is 654 g/mol. The Bertz CT molecular complexity index is 1930. The molecule has 6 aliphatic rings. The summed E-state index contributed by atoms with van der Waals surface area (Å²) in [6, 6.07) is 25.7. The Hall–Kier alpha value is -4.68. The van der Waals surface area contributed by atoms with Crippen LogP contribution in [0, 0.1) is 29.1 Å². The number of carbonyl (C=O) groups is 2. The number of unbranched alkanes of at least 4 members (excludes halogenated alkanes) is 1. The largest absolute Gasteiger partial charge is 0.508 e. The number of esters is 2. The molecule has 1 saturated carbocycles. The zero-order valence-electron chi connectivity index (χ0n) is 27.9. The molecular formula is C43H42O6. The second-order valence-corrected chi connectivity index (χ2v) is 14.2. The van der Waals surface area contributed by atoms with E-state index in [9.17, 15) is 19.8 Å². The highest BCUT2D eigenvalue weighted by Crippen LogP contribution is 2.72. The lowest BCUT2D eigenvalue weighted by molar-refractivity contribution is -0.135. The Balaban J connectivity index is 1.37. The van der Waals surface area contributed by atoms with Crippen LogP contribution < -0.4 is 0 Å². The van der Waals surface area contributed by atoms with Crippen LogP contribution in [0.15, 0.2) is 119 Å². The van der Waals surface area contributed by atoms with Crippen molar-refractivity contribution in [3.8, 4) is 16.9 Å². The van der Waals surface area contributed by atoms with Crippen LogP contribution in [0.5, 0.6) is 5.75 Å². The average Bonchev–Trinajstić information content (AvgIpc) is 3.60. The Morgan fingerprint density at radius 3 is 2.45 bits per heavy atom. The number of ether oxygens (including phenoxy) is 2. The molecule has 6 heteroatoms. The molecule has 1 saturated heterocycles. The zero-order valence-corrected chi connectivity index (χ0v) is 27.9. The maximum atomic E-state index is 14.5. The van der Waals surface area contributed by atoms with Gasteiger partial charge in [-0.25, -0.2) is 9.59 Å². The molecule has 0 unspecified atom stereocenters. The highest BCUT2D eigenvalue weighted by atomic mass is 16.5. The van der Waals surface area contributed by atoms with E-state index in [0.717, 1.165) is 65.5 Å². The van der Waals surface area contributed by atoms with E-state index in [1.54, 1.807) is 12.1 Å². The molecular weight excluding hydrogens is 612 g/mol. The summed E-state index contributed by atoms with van der Waals surface area (Å²) in [7, 11) is 0. The van der Waals surface area contributed by atoms with Gasteiger partial charge in [0.15, 0.2) is 0 Å². The van der Waals surface area contributed by atoms with Gasteiger partial charge in [0.05, 0.1) is 11.0 Å². The molecule has 0 aromatic heterocycles. The van der Waals surface area contributed by atoms with Crippen molar-refractivity contribution in [2.45, 2.75) is 58.3 Å². The van der Waals surface area contributed by atoms with E-state index in [1.165, 1.54) is 0 Å². The number of aromatic hydroxyl groups is 1. The van der Waals surface area contributed by atoms with E-state index in [-0.39, 0.29) is 48.0 Å². The van der Waals surface area contributed by atoms with Crippen molar-refractivity contribution in [1.29, 1.82) is 0 Å². The van der Waals surface area contributed by atoms with Crippen LogP contribution in [-0.4, -0.2) is 28.8 Å². The normalized spacial score (nSPS) is 27.7. The van der Waals surface area contributed by atoms with Crippen molar-refractivity contribution in [3.63, 3.8) is 0 Å². The van der Waals surface area contributed by atoms with Gasteiger partial charge in [0.25, 0.3) is 0 Å². The van der Waals surface area contributed by atoms with Crippen LogP contribution in [-0.2, 0) is 25.5 Å². The Morgan fingerprint density at radius 2 is 1.69 bits per heavy atom. The van der Waals surface area contributed by atoms with Crippen LogP contribution >= 0.6 is 0 Å². The van der Waals surface area contributed by atoms with Crippen molar-refractivity contribution < 1.29 is 29.3 Å². The number of carbonyl (C=O) groups excluding carboxylic acids is 2. The predicted octanol–water partition coefficient (Wildman–Crippen LogP) is 8.47. The number of phenols is 1. The third-order valence-electron chi connectivity index (χ3n) is 11.6. The molecule has 2 heterocycles. The molecule has 2 fully saturated rings. The third-order valence-corrected chi connectivity index (χ3v) is 11.6. The van der Waals surface area contributed by atoms with Gasteiger partial charge in [0, 0.05) is 23.7 Å². The van der Waals surface area contributed by atoms with Crippen LogP contribution in [0.3, 0.4) is 0 Å². The van der Waals surface area contributed by atoms with Gasteiger partial charge in [0.1, 0.15) is 17.3 Å². The van der Waals surface area contributed by atoms with E-state index in [4.69, 9.17) is 9.47 Å². The lowest BCUT2D eigenvalue weighted by atomic mass is 9.44. The molecule has 2 N–H and O–H groups in total. The number of phenolic OH excluding ortho intramolecular Hbond substituents is 1. The van der Waals surface area contributed by atoms with Crippen LogP contribution in [0.25, 0.3) is 16.7 Å². The fraction of sp³-hybridized carbons (Fsp3) is 0.349. The molecule has 2 aliphatic heterocycles. The van der Waals surface area contributed by atoms with Crippen molar-refractivity contribution in [1.82, 2.24) is 0 Å². The van der Waals surface area contributed by atoms with Gasteiger partial charge in [-0.3, -0.25) is 0 Å². The number of aliphatic hydroxyl groups excluding tert-OH is 1. The van der Waals surface area contributed by atoms with Gasteiger partial charge < -0.3 is 19.7 Å². The number of aliphatic hydroxyl groups is 1. The zero-order chi connectivity index (χ0) is 33.7. The van der Waals surface area contributed by atoms with Crippen molar-refractivity contribution >= 4 is 17.5 Å². The molecule has 0 radical (unpaired) electrons. The molecule has 250 valence electrons. The van der Waals surface area contributed by atoms with E-state index in [2.05, 4.69) is 37.3 Å². The topological polar surface area (TPSA) is 93.1 Å². The molecule has 9 rings (SSSR count). The van der Waals surface area contributed by atoms with Gasteiger partial charge in [-0.2, -0.15) is 0 Å². The molecule has 3 aromatic rings. The quantitative estimate of drug-likeness (QED) is 0.225. The minimum Gasteiger partial charge on any atom is -0.508 e. The molecule has 3 aromatic carbocycles.